The fourth-order valence-corrected chi connectivity index (χ4v) is 1.90. The quantitative estimate of drug-likeness (QED) is 0.265. The summed E-state index contributed by atoms with van der Waals surface area (Å²) in [5.74, 6) is 0.122. The number of hydrogen-bond acceptors (Lipinski definition) is 5. The van der Waals surface area contributed by atoms with Crippen molar-refractivity contribution in [2.75, 3.05) is 7.11 Å². The minimum atomic E-state index is -4.40. The van der Waals surface area contributed by atoms with Gasteiger partial charge in [0.1, 0.15) is 5.75 Å². The first-order valence-corrected chi connectivity index (χ1v) is 5.50. The summed E-state index contributed by atoms with van der Waals surface area (Å²) in [5, 5.41) is 10.7. The lowest BCUT2D eigenvalue weighted by Crippen LogP contribution is -2.01. The van der Waals surface area contributed by atoms with E-state index in [1.807, 2.05) is 0 Å². The van der Waals surface area contributed by atoms with Crippen LogP contribution in [0.15, 0.2) is 27.6 Å². The molecule has 0 aliphatic heterocycles. The van der Waals surface area contributed by atoms with Crippen molar-refractivity contribution >= 4 is 15.7 Å². The number of hydrogen-bond donors (Lipinski definition) is 0. The molecule has 0 unspecified atom stereocenters. The van der Waals surface area contributed by atoms with Crippen molar-refractivity contribution in [2.24, 2.45) is 4.52 Å². The molecule has 0 aliphatic rings. The van der Waals surface area contributed by atoms with Crippen LogP contribution in [0.25, 0.3) is 10.4 Å². The molecule has 0 saturated heterocycles. The molecule has 0 atom stereocenters. The highest BCUT2D eigenvalue weighted by molar-refractivity contribution is 7.90. The van der Waals surface area contributed by atoms with E-state index in [-0.39, 0.29) is 5.75 Å². The van der Waals surface area contributed by atoms with Gasteiger partial charge in [-0.15, -0.1) is 0 Å². The molecule has 0 spiro atoms. The molecule has 0 amide bonds. The average molecular weight is 258 g/mol. The van der Waals surface area contributed by atoms with E-state index in [4.69, 9.17) is 10.3 Å². The maximum Gasteiger partial charge on any atom is 0.292 e. The molecule has 1 aromatic carbocycles. The lowest BCUT2D eigenvalue weighted by atomic mass is 10.3. The second-order valence-electron chi connectivity index (χ2n) is 2.74. The lowest BCUT2D eigenvalue weighted by Gasteiger charge is -2.02. The van der Waals surface area contributed by atoms with Crippen molar-refractivity contribution in [1.29, 1.82) is 0 Å². The molecular weight excluding hydrogens is 252 g/mol. The van der Waals surface area contributed by atoms with Gasteiger partial charge in [0.25, 0.3) is 15.7 Å². The number of benzene rings is 1. The Labute approximate surface area is 95.5 Å². The molecule has 0 N–H and O–H groups in total. The minimum Gasteiger partial charge on any atom is -0.497 e. The Balaban J connectivity index is 3.55. The zero-order chi connectivity index (χ0) is 13.1. The number of nitro benzene ring substituents is 1. The minimum absolute atomic E-state index is 0.122. The Morgan fingerprint density at radius 3 is 2.65 bits per heavy atom. The number of rotatable bonds is 4. The zero-order valence-electron chi connectivity index (χ0n) is 8.47. The summed E-state index contributed by atoms with van der Waals surface area (Å²) in [5.41, 5.74) is 7.37. The van der Waals surface area contributed by atoms with E-state index in [1.165, 1.54) is 13.2 Å². The van der Waals surface area contributed by atoms with Gasteiger partial charge in [-0.3, -0.25) is 10.1 Å². The molecule has 0 aliphatic carbocycles. The van der Waals surface area contributed by atoms with Crippen LogP contribution in [0.5, 0.6) is 5.75 Å². The molecule has 9 nitrogen and oxygen atoms in total. The lowest BCUT2D eigenvalue weighted by molar-refractivity contribution is -0.387. The van der Waals surface area contributed by atoms with Gasteiger partial charge in [0.2, 0.25) is 0 Å². The smallest absolute Gasteiger partial charge is 0.292 e. The van der Waals surface area contributed by atoms with Gasteiger partial charge < -0.3 is 4.74 Å². The van der Waals surface area contributed by atoms with E-state index in [9.17, 15) is 18.5 Å². The summed E-state index contributed by atoms with van der Waals surface area (Å²) >= 11 is 0. The van der Waals surface area contributed by atoms with Gasteiger partial charge in [-0.05, 0) is 17.7 Å². The standard InChI is InChI=1S/C7H6N4O5S/c1-16-5-2-3-7(6(4-5)11(12)13)17(14,15)10-9-8/h2-4H,1H3. The molecule has 0 fully saturated rings. The molecule has 17 heavy (non-hydrogen) atoms. The topological polar surface area (TPSA) is 135 Å². The van der Waals surface area contributed by atoms with Crippen LogP contribution >= 0.6 is 0 Å². The van der Waals surface area contributed by atoms with Crippen molar-refractivity contribution < 1.29 is 18.1 Å². The van der Waals surface area contributed by atoms with Crippen LogP contribution in [0.3, 0.4) is 0 Å². The maximum atomic E-state index is 11.4. The highest BCUT2D eigenvalue weighted by Crippen LogP contribution is 2.29. The van der Waals surface area contributed by atoms with Crippen LogP contribution < -0.4 is 4.74 Å². The van der Waals surface area contributed by atoms with Crippen molar-refractivity contribution in [3.8, 4) is 5.75 Å². The predicted octanol–water partition coefficient (Wildman–Crippen LogP) is 1.60. The Hall–Kier alpha value is -2.32. The molecule has 1 rings (SSSR count). The summed E-state index contributed by atoms with van der Waals surface area (Å²) in [6.45, 7) is 0. The number of nitro groups is 1. The third-order valence-electron chi connectivity index (χ3n) is 1.78. The summed E-state index contributed by atoms with van der Waals surface area (Å²) in [4.78, 5) is 11.2. The van der Waals surface area contributed by atoms with E-state index >= 15 is 0 Å². The SMILES string of the molecule is COc1ccc(S(=O)(=O)N=[N+]=[N-])c([N+](=O)[O-])c1. The molecule has 0 bridgehead atoms. The highest BCUT2D eigenvalue weighted by atomic mass is 32.2. The molecule has 0 saturated carbocycles. The fourth-order valence-electron chi connectivity index (χ4n) is 1.08. The zero-order valence-corrected chi connectivity index (χ0v) is 9.29. The van der Waals surface area contributed by atoms with Crippen molar-refractivity contribution in [3.05, 3.63) is 38.8 Å². The number of azide groups is 1. The molecular formula is C7H6N4O5S. The van der Waals surface area contributed by atoms with E-state index in [0.29, 0.717) is 0 Å². The first-order valence-electron chi connectivity index (χ1n) is 4.06. The van der Waals surface area contributed by atoms with Crippen molar-refractivity contribution in [2.45, 2.75) is 4.90 Å². The number of methoxy groups -OCH3 is 1. The molecule has 0 aromatic heterocycles. The third kappa shape index (κ3) is 2.62. The van der Waals surface area contributed by atoms with Crippen LogP contribution in [-0.4, -0.2) is 20.5 Å². The Morgan fingerprint density at radius 1 is 1.53 bits per heavy atom. The van der Waals surface area contributed by atoms with Crippen LogP contribution in [0.1, 0.15) is 0 Å². The Morgan fingerprint density at radius 2 is 2.18 bits per heavy atom. The molecule has 90 valence electrons. The monoisotopic (exact) mass is 258 g/mol. The number of sulfonamides is 1. The van der Waals surface area contributed by atoms with Gasteiger partial charge in [0, 0.05) is 9.43 Å². The van der Waals surface area contributed by atoms with Gasteiger partial charge in [-0.25, -0.2) is 8.42 Å². The Kier molecular flexibility index (Phi) is 3.51. The van der Waals surface area contributed by atoms with Gasteiger partial charge >= 0.3 is 0 Å². The first-order chi connectivity index (χ1) is 7.92. The van der Waals surface area contributed by atoms with E-state index < -0.39 is 25.5 Å². The van der Waals surface area contributed by atoms with Crippen molar-refractivity contribution in [3.63, 3.8) is 0 Å². The van der Waals surface area contributed by atoms with Gasteiger partial charge in [-0.2, -0.15) is 0 Å². The highest BCUT2D eigenvalue weighted by Gasteiger charge is 2.25. The molecule has 10 heteroatoms. The second kappa shape index (κ2) is 4.68. The van der Waals surface area contributed by atoms with Crippen LogP contribution in [-0.2, 0) is 10.0 Å². The number of ether oxygens (including phenoxy) is 1. The largest absolute Gasteiger partial charge is 0.497 e. The maximum absolute atomic E-state index is 11.4. The predicted molar refractivity (Wildman–Crippen MR) is 56.0 cm³/mol. The Bertz CT molecular complexity index is 605. The normalized spacial score (nSPS) is 10.4. The van der Waals surface area contributed by atoms with E-state index in [2.05, 4.69) is 9.43 Å². The molecule has 0 radical (unpaired) electrons. The molecule has 0 heterocycles. The summed E-state index contributed by atoms with van der Waals surface area (Å²) < 4.78 is 30.0. The van der Waals surface area contributed by atoms with Crippen LogP contribution in [0, 0.1) is 10.1 Å². The number of nitrogens with zero attached hydrogens (tertiary/aromatic N) is 4. The molecule has 1 aromatic rings. The second-order valence-corrected chi connectivity index (χ2v) is 4.29. The van der Waals surface area contributed by atoms with Crippen LogP contribution in [0.2, 0.25) is 0 Å². The van der Waals surface area contributed by atoms with E-state index in [1.54, 1.807) is 0 Å². The fraction of sp³-hybridized carbons (Fsp3) is 0.143. The summed E-state index contributed by atoms with van der Waals surface area (Å²) in [6, 6.07) is 3.09. The first kappa shape index (κ1) is 12.7. The van der Waals surface area contributed by atoms with Crippen molar-refractivity contribution in [1.82, 2.24) is 0 Å². The van der Waals surface area contributed by atoms with Gasteiger partial charge in [-0.1, -0.05) is 0 Å². The van der Waals surface area contributed by atoms with Gasteiger partial charge in [0.15, 0.2) is 4.90 Å². The van der Waals surface area contributed by atoms with E-state index in [0.717, 1.165) is 12.1 Å². The third-order valence-corrected chi connectivity index (χ3v) is 2.97. The summed E-state index contributed by atoms with van der Waals surface area (Å²) in [7, 11) is -3.12. The van der Waals surface area contributed by atoms with Gasteiger partial charge in [0.05, 0.1) is 18.1 Å². The van der Waals surface area contributed by atoms with Crippen LogP contribution in [0.4, 0.5) is 5.69 Å². The summed E-state index contributed by atoms with van der Waals surface area (Å²) in [6.07, 6.45) is 0. The average Bonchev–Trinajstić information content (AvgIpc) is 2.28.